The molecule has 0 aliphatic carbocycles. The van der Waals surface area contributed by atoms with Crippen LogP contribution in [0.4, 0.5) is 5.69 Å². The molecule has 4 rings (SSSR count). The van der Waals surface area contributed by atoms with E-state index in [1.807, 2.05) is 25.1 Å². The van der Waals surface area contributed by atoms with Gasteiger partial charge in [-0.15, -0.1) is 0 Å². The van der Waals surface area contributed by atoms with Gasteiger partial charge >= 0.3 is 0 Å². The molecule has 32 heavy (non-hydrogen) atoms. The van der Waals surface area contributed by atoms with E-state index in [1.54, 1.807) is 54.6 Å². The molecule has 1 aliphatic heterocycles. The molecule has 3 aromatic carbocycles. The fourth-order valence-electron chi connectivity index (χ4n) is 4.09. The number of aliphatic hydroxyl groups excluding tert-OH is 1. The number of anilines is 1. The number of ether oxygens (including phenoxy) is 2. The monoisotopic (exact) mass is 429 g/mol. The number of aliphatic hydroxyl groups is 1. The summed E-state index contributed by atoms with van der Waals surface area (Å²) in [5, 5.41) is 11.3. The van der Waals surface area contributed by atoms with E-state index in [0.29, 0.717) is 28.3 Å². The second-order valence-electron chi connectivity index (χ2n) is 7.40. The van der Waals surface area contributed by atoms with E-state index in [9.17, 15) is 14.7 Å². The third-order valence-electron chi connectivity index (χ3n) is 5.62. The lowest BCUT2D eigenvalue weighted by Crippen LogP contribution is -2.30. The number of Topliss-reactive ketones (excluding diaryl/α,β-unsaturated/α-hetero) is 1. The van der Waals surface area contributed by atoms with Crippen LogP contribution in [0.25, 0.3) is 5.76 Å². The number of amides is 1. The fraction of sp³-hybridized carbons (Fsp3) is 0.154. The van der Waals surface area contributed by atoms with E-state index >= 15 is 0 Å². The minimum atomic E-state index is -0.878. The number of para-hydroxylation sites is 3. The average Bonchev–Trinajstić information content (AvgIpc) is 3.09. The van der Waals surface area contributed by atoms with Crippen LogP contribution in [0.5, 0.6) is 11.5 Å². The van der Waals surface area contributed by atoms with Crippen molar-refractivity contribution >= 4 is 23.1 Å². The summed E-state index contributed by atoms with van der Waals surface area (Å²) in [6.07, 6.45) is 0. The molecule has 6 heteroatoms. The van der Waals surface area contributed by atoms with E-state index in [-0.39, 0.29) is 11.3 Å². The van der Waals surface area contributed by atoms with Gasteiger partial charge in [-0.3, -0.25) is 14.5 Å². The Morgan fingerprint density at radius 1 is 0.844 bits per heavy atom. The Morgan fingerprint density at radius 3 is 2.12 bits per heavy atom. The van der Waals surface area contributed by atoms with E-state index < -0.39 is 17.7 Å². The van der Waals surface area contributed by atoms with Crippen molar-refractivity contribution in [3.8, 4) is 11.5 Å². The van der Waals surface area contributed by atoms with Crippen molar-refractivity contribution in [3.63, 3.8) is 0 Å². The predicted molar refractivity (Wildman–Crippen MR) is 122 cm³/mol. The summed E-state index contributed by atoms with van der Waals surface area (Å²) in [6.45, 7) is 1.87. The first-order valence-corrected chi connectivity index (χ1v) is 10.1. The summed E-state index contributed by atoms with van der Waals surface area (Å²) in [6, 6.07) is 20.4. The Hall–Kier alpha value is -4.06. The van der Waals surface area contributed by atoms with Gasteiger partial charge in [0, 0.05) is 11.3 Å². The zero-order chi connectivity index (χ0) is 22.8. The van der Waals surface area contributed by atoms with Gasteiger partial charge < -0.3 is 14.6 Å². The van der Waals surface area contributed by atoms with Crippen molar-refractivity contribution in [2.75, 3.05) is 19.1 Å². The smallest absolute Gasteiger partial charge is 0.300 e. The van der Waals surface area contributed by atoms with Crippen molar-refractivity contribution in [1.82, 2.24) is 0 Å². The Morgan fingerprint density at radius 2 is 1.44 bits per heavy atom. The van der Waals surface area contributed by atoms with Crippen LogP contribution in [0.2, 0.25) is 0 Å². The first kappa shape index (κ1) is 21.2. The zero-order valence-corrected chi connectivity index (χ0v) is 18.0. The van der Waals surface area contributed by atoms with Gasteiger partial charge in [-0.05, 0) is 36.8 Å². The molecule has 1 amide bonds. The number of aryl methyl sites for hydroxylation is 1. The number of ketones is 1. The second kappa shape index (κ2) is 8.59. The second-order valence-corrected chi connectivity index (χ2v) is 7.40. The van der Waals surface area contributed by atoms with E-state index in [0.717, 1.165) is 5.56 Å². The summed E-state index contributed by atoms with van der Waals surface area (Å²) in [5.41, 5.74) is 2.31. The molecule has 1 N–H and O–H groups in total. The molecule has 0 bridgehead atoms. The quantitative estimate of drug-likeness (QED) is 0.363. The fourth-order valence-corrected chi connectivity index (χ4v) is 4.09. The lowest BCUT2D eigenvalue weighted by atomic mass is 9.94. The van der Waals surface area contributed by atoms with Crippen LogP contribution in [-0.4, -0.2) is 31.0 Å². The number of carbonyl (C=O) groups excluding carboxylic acids is 2. The number of nitrogens with zero attached hydrogens (tertiary/aromatic N) is 1. The SMILES string of the molecule is COc1ccccc1/C(O)=C1\C(=O)C(=O)N(c2ccccc2C)C1c1ccccc1OC. The van der Waals surface area contributed by atoms with Crippen LogP contribution >= 0.6 is 0 Å². The summed E-state index contributed by atoms with van der Waals surface area (Å²) >= 11 is 0. The van der Waals surface area contributed by atoms with Crippen molar-refractivity contribution in [2.24, 2.45) is 0 Å². The number of methoxy groups -OCH3 is 2. The highest BCUT2D eigenvalue weighted by atomic mass is 16.5. The molecule has 1 unspecified atom stereocenters. The third-order valence-corrected chi connectivity index (χ3v) is 5.62. The van der Waals surface area contributed by atoms with Crippen LogP contribution in [0.3, 0.4) is 0 Å². The molecule has 162 valence electrons. The van der Waals surface area contributed by atoms with Gasteiger partial charge in [0.1, 0.15) is 17.3 Å². The van der Waals surface area contributed by atoms with Crippen molar-refractivity contribution in [3.05, 3.63) is 95.1 Å². The van der Waals surface area contributed by atoms with Gasteiger partial charge in [0.2, 0.25) is 0 Å². The normalized spacial score (nSPS) is 17.5. The van der Waals surface area contributed by atoms with E-state index in [2.05, 4.69) is 0 Å². The highest BCUT2D eigenvalue weighted by Gasteiger charge is 2.48. The molecule has 0 radical (unpaired) electrons. The Bertz CT molecular complexity index is 1230. The Labute approximate surface area is 186 Å². The number of carbonyl (C=O) groups is 2. The Balaban J connectivity index is 2.03. The summed E-state index contributed by atoms with van der Waals surface area (Å²) in [5.74, 6) is -0.887. The molecule has 1 saturated heterocycles. The molecule has 6 nitrogen and oxygen atoms in total. The number of rotatable bonds is 5. The molecule has 0 aromatic heterocycles. The first-order valence-electron chi connectivity index (χ1n) is 10.1. The van der Waals surface area contributed by atoms with Gasteiger partial charge in [-0.2, -0.15) is 0 Å². The largest absolute Gasteiger partial charge is 0.507 e. The number of hydrogen-bond acceptors (Lipinski definition) is 5. The highest BCUT2D eigenvalue weighted by molar-refractivity contribution is 6.51. The number of hydrogen-bond donors (Lipinski definition) is 1. The Kier molecular flexibility index (Phi) is 5.69. The minimum absolute atomic E-state index is 0.0211. The topological polar surface area (TPSA) is 76.1 Å². The predicted octanol–water partition coefficient (Wildman–Crippen LogP) is 4.64. The van der Waals surface area contributed by atoms with Crippen LogP contribution in [0.1, 0.15) is 22.7 Å². The third kappa shape index (κ3) is 3.39. The lowest BCUT2D eigenvalue weighted by molar-refractivity contribution is -0.132. The van der Waals surface area contributed by atoms with Gasteiger partial charge in [0.15, 0.2) is 0 Å². The van der Waals surface area contributed by atoms with Crippen LogP contribution in [0.15, 0.2) is 78.4 Å². The van der Waals surface area contributed by atoms with Crippen molar-refractivity contribution < 1.29 is 24.2 Å². The maximum Gasteiger partial charge on any atom is 0.300 e. The number of benzene rings is 3. The average molecular weight is 429 g/mol. The molecule has 1 fully saturated rings. The van der Waals surface area contributed by atoms with Gasteiger partial charge in [-0.25, -0.2) is 0 Å². The van der Waals surface area contributed by atoms with Crippen LogP contribution in [0, 0.1) is 6.92 Å². The lowest BCUT2D eigenvalue weighted by Gasteiger charge is -2.27. The molecular formula is C26H23NO5. The van der Waals surface area contributed by atoms with E-state index in [4.69, 9.17) is 9.47 Å². The molecule has 1 aliphatic rings. The molecular weight excluding hydrogens is 406 g/mol. The van der Waals surface area contributed by atoms with Gasteiger partial charge in [0.25, 0.3) is 11.7 Å². The molecule has 0 spiro atoms. The van der Waals surface area contributed by atoms with Crippen LogP contribution in [-0.2, 0) is 9.59 Å². The maximum atomic E-state index is 13.3. The summed E-state index contributed by atoms with van der Waals surface area (Å²) in [4.78, 5) is 28.0. The highest BCUT2D eigenvalue weighted by Crippen LogP contribution is 2.46. The summed E-state index contributed by atoms with van der Waals surface area (Å²) < 4.78 is 10.9. The maximum absolute atomic E-state index is 13.3. The standard InChI is InChI=1S/C26H23NO5/c1-16-10-4-7-13-19(16)27-23(17-11-5-8-14-20(17)31-2)22(25(29)26(27)30)24(28)18-12-6-9-15-21(18)32-3/h4-15,23,28H,1-3H3/b24-22+. The molecule has 0 saturated carbocycles. The molecule has 1 atom stereocenters. The minimum Gasteiger partial charge on any atom is -0.507 e. The van der Waals surface area contributed by atoms with E-state index in [1.165, 1.54) is 19.1 Å². The molecule has 3 aromatic rings. The van der Waals surface area contributed by atoms with Crippen molar-refractivity contribution in [2.45, 2.75) is 13.0 Å². The van der Waals surface area contributed by atoms with Crippen molar-refractivity contribution in [1.29, 1.82) is 0 Å². The zero-order valence-electron chi connectivity index (χ0n) is 18.0. The first-order chi connectivity index (χ1) is 15.5. The summed E-state index contributed by atoms with van der Waals surface area (Å²) in [7, 11) is 3.01. The molecule has 1 heterocycles. The van der Waals surface area contributed by atoms with Gasteiger partial charge in [-0.1, -0.05) is 48.5 Å². The van der Waals surface area contributed by atoms with Gasteiger partial charge in [0.05, 0.1) is 31.4 Å². The van der Waals surface area contributed by atoms with Crippen LogP contribution < -0.4 is 14.4 Å².